The number of aromatic nitrogens is 2. The summed E-state index contributed by atoms with van der Waals surface area (Å²) in [6.07, 6.45) is 1.77. The molecular formula is C12H19N3O3S. The summed E-state index contributed by atoms with van der Waals surface area (Å²) in [5.74, 6) is -0.986. The molecule has 0 aliphatic carbocycles. The van der Waals surface area contributed by atoms with E-state index in [1.807, 2.05) is 13.8 Å². The molecule has 0 aliphatic rings. The topological polar surface area (TPSA) is 75.4 Å². The third kappa shape index (κ3) is 3.99. The fraction of sp³-hybridized carbons (Fsp3) is 0.583. The van der Waals surface area contributed by atoms with Gasteiger partial charge in [-0.1, -0.05) is 11.8 Å². The monoisotopic (exact) mass is 285 g/mol. The third-order valence-electron chi connectivity index (χ3n) is 2.77. The van der Waals surface area contributed by atoms with Gasteiger partial charge >= 0.3 is 5.97 Å². The van der Waals surface area contributed by atoms with Crippen LogP contribution in [0.1, 0.15) is 25.6 Å². The number of hydrogen-bond acceptors (Lipinski definition) is 4. The smallest absolute Gasteiger partial charge is 0.313 e. The molecule has 0 aromatic carbocycles. The number of rotatable bonds is 6. The largest absolute Gasteiger partial charge is 0.481 e. The number of carboxylic acids is 1. The van der Waals surface area contributed by atoms with Crippen molar-refractivity contribution in [2.45, 2.75) is 32.0 Å². The number of thioether (sulfide) groups is 1. The molecule has 1 N–H and O–H groups in total. The van der Waals surface area contributed by atoms with E-state index in [1.54, 1.807) is 29.6 Å². The fourth-order valence-electron chi connectivity index (χ4n) is 1.60. The lowest BCUT2D eigenvalue weighted by atomic mass is 10.3. The van der Waals surface area contributed by atoms with Crippen molar-refractivity contribution in [1.82, 2.24) is 14.5 Å². The molecule has 7 heteroatoms. The quantitative estimate of drug-likeness (QED) is 0.800. The van der Waals surface area contributed by atoms with E-state index in [9.17, 15) is 9.59 Å². The number of carbonyl (C=O) groups is 2. The SMILES string of the molecule is CCN(C)C(=O)C(C)n1cc(C)nc1SCC(=O)O. The number of carboxylic acid groups (broad SMARTS) is 1. The van der Waals surface area contributed by atoms with Crippen LogP contribution in [0.3, 0.4) is 0 Å². The maximum absolute atomic E-state index is 12.1. The van der Waals surface area contributed by atoms with Crippen LogP contribution in [0.25, 0.3) is 0 Å². The van der Waals surface area contributed by atoms with Crippen molar-refractivity contribution >= 4 is 23.6 Å². The Morgan fingerprint density at radius 2 is 2.21 bits per heavy atom. The van der Waals surface area contributed by atoms with E-state index in [-0.39, 0.29) is 17.7 Å². The zero-order valence-corrected chi connectivity index (χ0v) is 12.4. The van der Waals surface area contributed by atoms with Crippen molar-refractivity contribution in [3.63, 3.8) is 0 Å². The Morgan fingerprint density at radius 3 is 2.74 bits per heavy atom. The minimum Gasteiger partial charge on any atom is -0.481 e. The van der Waals surface area contributed by atoms with Crippen molar-refractivity contribution in [3.05, 3.63) is 11.9 Å². The Kier molecular flexibility index (Phi) is 5.41. The summed E-state index contributed by atoms with van der Waals surface area (Å²) in [5.41, 5.74) is 0.770. The summed E-state index contributed by atoms with van der Waals surface area (Å²) >= 11 is 1.12. The van der Waals surface area contributed by atoms with E-state index in [0.29, 0.717) is 11.7 Å². The van der Waals surface area contributed by atoms with Crippen LogP contribution in [0.15, 0.2) is 11.4 Å². The highest BCUT2D eigenvalue weighted by atomic mass is 32.2. The highest BCUT2D eigenvalue weighted by Gasteiger charge is 2.21. The molecule has 0 aliphatic heterocycles. The number of hydrogen-bond donors (Lipinski definition) is 1. The molecule has 1 heterocycles. The second-order valence-electron chi connectivity index (χ2n) is 4.28. The second-order valence-corrected chi connectivity index (χ2v) is 5.23. The van der Waals surface area contributed by atoms with Gasteiger partial charge in [-0.2, -0.15) is 0 Å². The molecule has 0 saturated carbocycles. The van der Waals surface area contributed by atoms with Crippen molar-refractivity contribution in [3.8, 4) is 0 Å². The zero-order chi connectivity index (χ0) is 14.6. The Labute approximate surface area is 116 Å². The summed E-state index contributed by atoms with van der Waals surface area (Å²) < 4.78 is 1.73. The lowest BCUT2D eigenvalue weighted by Gasteiger charge is -2.21. The van der Waals surface area contributed by atoms with Gasteiger partial charge in [0.25, 0.3) is 0 Å². The van der Waals surface area contributed by atoms with E-state index in [1.165, 1.54) is 0 Å². The Balaban J connectivity index is 2.92. The molecule has 0 radical (unpaired) electrons. The molecular weight excluding hydrogens is 266 g/mol. The van der Waals surface area contributed by atoms with E-state index in [0.717, 1.165) is 17.5 Å². The molecule has 1 rings (SSSR count). The van der Waals surface area contributed by atoms with Crippen LogP contribution in [-0.2, 0) is 9.59 Å². The van der Waals surface area contributed by atoms with Gasteiger partial charge in [-0.25, -0.2) is 4.98 Å². The number of amides is 1. The summed E-state index contributed by atoms with van der Waals surface area (Å²) in [6, 6.07) is -0.387. The normalized spacial score (nSPS) is 12.2. The number of carbonyl (C=O) groups excluding carboxylic acids is 1. The van der Waals surface area contributed by atoms with Gasteiger partial charge in [0.1, 0.15) is 6.04 Å². The first-order chi connectivity index (χ1) is 8.86. The highest BCUT2D eigenvalue weighted by molar-refractivity contribution is 7.99. The van der Waals surface area contributed by atoms with E-state index in [4.69, 9.17) is 5.11 Å². The molecule has 0 bridgehead atoms. The summed E-state index contributed by atoms with van der Waals surface area (Å²) in [6.45, 7) is 6.15. The fourth-order valence-corrected chi connectivity index (χ4v) is 2.42. The average Bonchev–Trinajstić information content (AvgIpc) is 2.74. The van der Waals surface area contributed by atoms with Gasteiger partial charge in [0.05, 0.1) is 11.4 Å². The molecule has 0 spiro atoms. The van der Waals surface area contributed by atoms with Gasteiger partial charge in [0.15, 0.2) is 5.16 Å². The third-order valence-corrected chi connectivity index (χ3v) is 3.72. The molecule has 19 heavy (non-hydrogen) atoms. The van der Waals surface area contributed by atoms with Crippen LogP contribution >= 0.6 is 11.8 Å². The Bertz CT molecular complexity index is 473. The molecule has 1 unspecified atom stereocenters. The minimum absolute atomic E-state index is 0.0166. The predicted octanol–water partition coefficient (Wildman–Crippen LogP) is 1.41. The van der Waals surface area contributed by atoms with Crippen molar-refractivity contribution in [2.24, 2.45) is 0 Å². The number of likely N-dealkylation sites (N-methyl/N-ethyl adjacent to an activating group) is 1. The van der Waals surface area contributed by atoms with Crippen molar-refractivity contribution in [2.75, 3.05) is 19.3 Å². The summed E-state index contributed by atoms with van der Waals surface area (Å²) in [5, 5.41) is 9.27. The van der Waals surface area contributed by atoms with Crippen LogP contribution < -0.4 is 0 Å². The van der Waals surface area contributed by atoms with Gasteiger partial charge < -0.3 is 14.6 Å². The highest BCUT2D eigenvalue weighted by Crippen LogP contribution is 2.22. The predicted molar refractivity (Wildman–Crippen MR) is 73.3 cm³/mol. The maximum atomic E-state index is 12.1. The van der Waals surface area contributed by atoms with Gasteiger partial charge in [-0.05, 0) is 20.8 Å². The van der Waals surface area contributed by atoms with Gasteiger partial charge in [0, 0.05) is 19.8 Å². The van der Waals surface area contributed by atoms with Crippen molar-refractivity contribution in [1.29, 1.82) is 0 Å². The number of imidazole rings is 1. The van der Waals surface area contributed by atoms with Crippen LogP contribution in [0, 0.1) is 6.92 Å². The van der Waals surface area contributed by atoms with Gasteiger partial charge in [-0.3, -0.25) is 9.59 Å². The number of nitrogens with zero attached hydrogens (tertiary/aromatic N) is 3. The molecule has 1 amide bonds. The molecule has 0 saturated heterocycles. The van der Waals surface area contributed by atoms with E-state index < -0.39 is 5.97 Å². The van der Waals surface area contributed by atoms with Gasteiger partial charge in [0.2, 0.25) is 5.91 Å². The molecule has 0 fully saturated rings. The average molecular weight is 285 g/mol. The van der Waals surface area contributed by atoms with Crippen LogP contribution in [0.4, 0.5) is 0 Å². The standard InChI is InChI=1S/C12H19N3O3S/c1-5-14(4)11(18)9(3)15-6-8(2)13-12(15)19-7-10(16)17/h6,9H,5,7H2,1-4H3,(H,16,17). The Hall–Kier alpha value is -1.50. The van der Waals surface area contributed by atoms with E-state index in [2.05, 4.69) is 4.98 Å². The number of aryl methyl sites for hydroxylation is 1. The first kappa shape index (κ1) is 15.6. The van der Waals surface area contributed by atoms with Gasteiger partial charge in [-0.15, -0.1) is 0 Å². The van der Waals surface area contributed by atoms with E-state index >= 15 is 0 Å². The van der Waals surface area contributed by atoms with Crippen LogP contribution in [0.5, 0.6) is 0 Å². The number of aliphatic carboxylic acids is 1. The first-order valence-corrected chi connectivity index (χ1v) is 7.00. The lowest BCUT2D eigenvalue weighted by molar-refractivity contribution is -0.134. The Morgan fingerprint density at radius 1 is 1.58 bits per heavy atom. The summed E-state index contributed by atoms with van der Waals surface area (Å²) in [7, 11) is 1.74. The molecule has 6 nitrogen and oxygen atoms in total. The molecule has 1 aromatic rings. The van der Waals surface area contributed by atoms with Crippen molar-refractivity contribution < 1.29 is 14.7 Å². The maximum Gasteiger partial charge on any atom is 0.313 e. The van der Waals surface area contributed by atoms with Crippen LogP contribution in [-0.4, -0.2) is 50.8 Å². The lowest BCUT2D eigenvalue weighted by Crippen LogP contribution is -2.33. The minimum atomic E-state index is -0.901. The molecule has 106 valence electrons. The summed E-state index contributed by atoms with van der Waals surface area (Å²) in [4.78, 5) is 28.6. The molecule has 1 atom stereocenters. The van der Waals surface area contributed by atoms with Crippen LogP contribution in [0.2, 0.25) is 0 Å². The second kappa shape index (κ2) is 6.60. The molecule has 1 aromatic heterocycles. The first-order valence-electron chi connectivity index (χ1n) is 6.01. The zero-order valence-electron chi connectivity index (χ0n) is 11.6.